The molecule has 3 aliphatic heterocycles. The fourth-order valence-corrected chi connectivity index (χ4v) is 3.59. The maximum absolute atomic E-state index is 9.94. The molecule has 7 heteroatoms. The van der Waals surface area contributed by atoms with E-state index in [-0.39, 0.29) is 30.3 Å². The van der Waals surface area contributed by atoms with Crippen LogP contribution >= 0.6 is 11.8 Å². The Balaban J connectivity index is 1.67. The monoisotopic (exact) mass is 260 g/mol. The van der Waals surface area contributed by atoms with Crippen LogP contribution < -0.4 is 0 Å². The van der Waals surface area contributed by atoms with Gasteiger partial charge in [0.25, 0.3) is 0 Å². The van der Waals surface area contributed by atoms with Crippen LogP contribution in [-0.2, 0) is 4.74 Å². The molecule has 3 aliphatic rings. The molecule has 2 saturated heterocycles. The van der Waals surface area contributed by atoms with Gasteiger partial charge in [0.05, 0.1) is 24.9 Å². The predicted octanol–water partition coefficient (Wildman–Crippen LogP) is -1.40. The number of likely N-dealkylation sites (tertiary alicyclic amines) is 1. The highest BCUT2D eigenvalue weighted by Gasteiger charge is 2.45. The van der Waals surface area contributed by atoms with Crippen molar-refractivity contribution in [1.29, 1.82) is 0 Å². The molecule has 0 bridgehead atoms. The Kier molecular flexibility index (Phi) is 3.04. The van der Waals surface area contributed by atoms with Gasteiger partial charge in [-0.3, -0.25) is 4.99 Å². The van der Waals surface area contributed by atoms with Crippen molar-refractivity contribution < 1.29 is 20.1 Å². The Morgan fingerprint density at radius 3 is 2.82 bits per heavy atom. The van der Waals surface area contributed by atoms with Gasteiger partial charge in [0.2, 0.25) is 0 Å². The molecule has 0 aliphatic carbocycles. The van der Waals surface area contributed by atoms with E-state index >= 15 is 0 Å². The summed E-state index contributed by atoms with van der Waals surface area (Å²) in [4.78, 5) is 6.44. The number of thioether (sulfide) groups is 1. The lowest BCUT2D eigenvalue weighted by molar-refractivity contribution is -0.0875. The SMILES string of the molecule is OC[C@@H]1C[C@H](O)[C@H]2N=C(N3CC(O)C3)S[C@H]2O1. The first-order valence-corrected chi connectivity index (χ1v) is 6.67. The Labute approximate surface area is 103 Å². The van der Waals surface area contributed by atoms with Crippen LogP contribution in [0.2, 0.25) is 0 Å². The van der Waals surface area contributed by atoms with Gasteiger partial charge in [-0.25, -0.2) is 0 Å². The van der Waals surface area contributed by atoms with Crippen molar-refractivity contribution in [3.05, 3.63) is 0 Å². The molecule has 6 nitrogen and oxygen atoms in total. The summed E-state index contributed by atoms with van der Waals surface area (Å²) < 4.78 is 5.65. The third kappa shape index (κ3) is 2.06. The van der Waals surface area contributed by atoms with Gasteiger partial charge < -0.3 is 25.0 Å². The molecule has 0 radical (unpaired) electrons. The van der Waals surface area contributed by atoms with Gasteiger partial charge >= 0.3 is 0 Å². The maximum Gasteiger partial charge on any atom is 0.162 e. The van der Waals surface area contributed by atoms with Crippen LogP contribution in [0.4, 0.5) is 0 Å². The molecule has 0 unspecified atom stereocenters. The van der Waals surface area contributed by atoms with Gasteiger partial charge in [-0.1, -0.05) is 11.8 Å². The fourth-order valence-electron chi connectivity index (χ4n) is 2.31. The van der Waals surface area contributed by atoms with Crippen molar-refractivity contribution in [1.82, 2.24) is 4.90 Å². The second-order valence-electron chi connectivity index (χ2n) is 4.69. The Hall–Kier alpha value is -0.340. The molecule has 2 fully saturated rings. The van der Waals surface area contributed by atoms with Crippen LogP contribution in [0.1, 0.15) is 6.42 Å². The van der Waals surface area contributed by atoms with Crippen LogP contribution in [-0.4, -0.2) is 74.9 Å². The molecular formula is C10H16N2O4S. The Morgan fingerprint density at radius 1 is 1.41 bits per heavy atom. The highest BCUT2D eigenvalue weighted by molar-refractivity contribution is 8.14. The van der Waals surface area contributed by atoms with Crippen LogP contribution in [0.5, 0.6) is 0 Å². The lowest BCUT2D eigenvalue weighted by atomic mass is 10.0. The molecule has 3 rings (SSSR count). The van der Waals surface area contributed by atoms with Gasteiger partial charge in [0.15, 0.2) is 5.17 Å². The molecular weight excluding hydrogens is 244 g/mol. The van der Waals surface area contributed by atoms with Gasteiger partial charge in [-0.15, -0.1) is 0 Å². The molecule has 0 aromatic carbocycles. The first kappa shape index (κ1) is 11.7. The fraction of sp³-hybridized carbons (Fsp3) is 0.900. The molecule has 0 amide bonds. The summed E-state index contributed by atoms with van der Waals surface area (Å²) in [5, 5.41) is 29.1. The topological polar surface area (TPSA) is 85.5 Å². The molecule has 3 N–H and O–H groups in total. The van der Waals surface area contributed by atoms with Crippen LogP contribution in [0.15, 0.2) is 4.99 Å². The minimum atomic E-state index is -0.554. The van der Waals surface area contributed by atoms with Gasteiger partial charge in [-0.05, 0) is 0 Å². The number of β-amino-alcohol motifs (C(OH)–C–C–N with tert-alkyl or cyclic N) is 1. The first-order chi connectivity index (χ1) is 8.17. The number of ether oxygens (including phenoxy) is 1. The second kappa shape index (κ2) is 4.40. The number of aliphatic imine (C=N–C) groups is 1. The third-order valence-electron chi connectivity index (χ3n) is 3.32. The number of hydrogen-bond donors (Lipinski definition) is 3. The van der Waals surface area contributed by atoms with Gasteiger partial charge in [-0.2, -0.15) is 0 Å². The number of hydrogen-bond acceptors (Lipinski definition) is 7. The smallest absolute Gasteiger partial charge is 0.162 e. The zero-order valence-electron chi connectivity index (χ0n) is 9.27. The summed E-state index contributed by atoms with van der Waals surface area (Å²) in [6, 6.07) is -0.240. The highest BCUT2D eigenvalue weighted by atomic mass is 32.2. The van der Waals surface area contributed by atoms with Crippen molar-refractivity contribution in [2.75, 3.05) is 19.7 Å². The van der Waals surface area contributed by atoms with Crippen LogP contribution in [0, 0.1) is 0 Å². The number of nitrogens with zero attached hydrogens (tertiary/aromatic N) is 2. The van der Waals surface area contributed by atoms with Gasteiger partial charge in [0, 0.05) is 19.5 Å². The average molecular weight is 260 g/mol. The summed E-state index contributed by atoms with van der Waals surface area (Å²) in [5.41, 5.74) is -0.205. The van der Waals surface area contributed by atoms with Crippen LogP contribution in [0.3, 0.4) is 0 Å². The lowest BCUT2D eigenvalue weighted by Crippen LogP contribution is -2.52. The second-order valence-corrected chi connectivity index (χ2v) is 5.76. The first-order valence-electron chi connectivity index (χ1n) is 5.79. The molecule has 0 aromatic rings. The van der Waals surface area contributed by atoms with Crippen molar-refractivity contribution in [3.63, 3.8) is 0 Å². The standard InChI is InChI=1S/C10H16N2O4S/c13-4-6-1-7(15)8-9(16-6)17-10(11-8)12-2-5(14)3-12/h5-9,13-15H,1-4H2/t6-,7-,8+,9+/m0/s1. The van der Waals surface area contributed by atoms with Crippen molar-refractivity contribution in [3.8, 4) is 0 Å². The normalized spacial score (nSPS) is 42.1. The molecule has 0 saturated carbocycles. The zero-order valence-corrected chi connectivity index (χ0v) is 10.1. The number of fused-ring (bicyclic) bond motifs is 1. The van der Waals surface area contributed by atoms with E-state index < -0.39 is 6.10 Å². The zero-order chi connectivity index (χ0) is 12.0. The third-order valence-corrected chi connectivity index (χ3v) is 4.52. The van der Waals surface area contributed by atoms with E-state index in [9.17, 15) is 10.2 Å². The Bertz CT molecular complexity index is 334. The maximum atomic E-state index is 9.94. The minimum Gasteiger partial charge on any atom is -0.394 e. The molecule has 3 heterocycles. The number of rotatable bonds is 1. The summed E-state index contributed by atoms with van der Waals surface area (Å²) in [6.07, 6.45) is -0.688. The van der Waals surface area contributed by atoms with E-state index in [1.807, 2.05) is 4.90 Å². The predicted molar refractivity (Wildman–Crippen MR) is 62.8 cm³/mol. The molecule has 0 spiro atoms. The Morgan fingerprint density at radius 2 is 2.18 bits per heavy atom. The molecule has 17 heavy (non-hydrogen) atoms. The van der Waals surface area contributed by atoms with Gasteiger partial charge in [0.1, 0.15) is 11.5 Å². The van der Waals surface area contributed by atoms with E-state index in [2.05, 4.69) is 4.99 Å². The van der Waals surface area contributed by atoms with E-state index in [1.165, 1.54) is 11.8 Å². The summed E-state index contributed by atoms with van der Waals surface area (Å²) in [6.45, 7) is 1.13. The number of amidine groups is 1. The van der Waals surface area contributed by atoms with Crippen molar-refractivity contribution >= 4 is 16.9 Å². The van der Waals surface area contributed by atoms with Crippen molar-refractivity contribution in [2.24, 2.45) is 4.99 Å². The van der Waals surface area contributed by atoms with E-state index in [0.29, 0.717) is 19.5 Å². The molecule has 96 valence electrons. The number of aliphatic hydroxyl groups is 3. The summed E-state index contributed by atoms with van der Waals surface area (Å²) in [5.74, 6) is 0. The lowest BCUT2D eigenvalue weighted by Gasteiger charge is -2.37. The molecule has 0 aromatic heterocycles. The van der Waals surface area contributed by atoms with E-state index in [1.54, 1.807) is 0 Å². The average Bonchev–Trinajstić information content (AvgIpc) is 2.68. The number of aliphatic hydroxyl groups excluding tert-OH is 3. The van der Waals surface area contributed by atoms with E-state index in [0.717, 1.165) is 5.17 Å². The quantitative estimate of drug-likeness (QED) is 0.538. The summed E-state index contributed by atoms with van der Waals surface area (Å²) in [7, 11) is 0. The summed E-state index contributed by atoms with van der Waals surface area (Å²) >= 11 is 1.47. The molecule has 4 atom stereocenters. The minimum absolute atomic E-state index is 0.0708. The highest BCUT2D eigenvalue weighted by Crippen LogP contribution is 2.38. The van der Waals surface area contributed by atoms with E-state index in [4.69, 9.17) is 9.84 Å². The van der Waals surface area contributed by atoms with Crippen LogP contribution in [0.25, 0.3) is 0 Å². The van der Waals surface area contributed by atoms with Crippen molar-refractivity contribution in [2.45, 2.75) is 36.2 Å². The largest absolute Gasteiger partial charge is 0.394 e.